The number of halogens is 5. The van der Waals surface area contributed by atoms with Crippen LogP contribution >= 0.6 is 0 Å². The van der Waals surface area contributed by atoms with E-state index in [1.165, 1.54) is 18.2 Å². The van der Waals surface area contributed by atoms with Gasteiger partial charge >= 0.3 is 12.1 Å². The lowest BCUT2D eigenvalue weighted by molar-refractivity contribution is -0.289. The van der Waals surface area contributed by atoms with E-state index in [1.54, 1.807) is 0 Å². The van der Waals surface area contributed by atoms with Crippen LogP contribution in [0.3, 0.4) is 0 Å². The number of phenolic OH excluding ortho intramolecular Hbond substituents is 1. The fourth-order valence-electron chi connectivity index (χ4n) is 1.63. The summed E-state index contributed by atoms with van der Waals surface area (Å²) in [5.74, 6) is -5.08. The summed E-state index contributed by atoms with van der Waals surface area (Å²) in [6, 6.07) is 6.47. The van der Waals surface area contributed by atoms with Gasteiger partial charge in [-0.2, -0.15) is 22.0 Å². The predicted molar refractivity (Wildman–Crippen MR) is 55.6 cm³/mol. The largest absolute Gasteiger partial charge is 0.507 e. The zero-order chi connectivity index (χ0) is 13.6. The molecule has 18 heavy (non-hydrogen) atoms. The van der Waals surface area contributed by atoms with Crippen LogP contribution in [0.15, 0.2) is 36.4 Å². The van der Waals surface area contributed by atoms with Crippen molar-refractivity contribution in [3.8, 4) is 5.75 Å². The molecule has 0 atom stereocenters. The second-order valence-corrected chi connectivity index (χ2v) is 3.79. The van der Waals surface area contributed by atoms with Crippen molar-refractivity contribution in [3.05, 3.63) is 42.0 Å². The number of aromatic hydroxyl groups is 1. The van der Waals surface area contributed by atoms with E-state index in [0.29, 0.717) is 6.07 Å². The lowest BCUT2D eigenvalue weighted by Crippen LogP contribution is -2.33. The van der Waals surface area contributed by atoms with E-state index in [2.05, 4.69) is 0 Å². The summed E-state index contributed by atoms with van der Waals surface area (Å²) in [7, 11) is 0. The summed E-state index contributed by atoms with van der Waals surface area (Å²) < 4.78 is 62.8. The first-order valence-corrected chi connectivity index (χ1v) is 4.90. The van der Waals surface area contributed by atoms with Gasteiger partial charge in [-0.1, -0.05) is 24.3 Å². The van der Waals surface area contributed by atoms with Crippen LogP contribution in [0.4, 0.5) is 22.0 Å². The van der Waals surface area contributed by atoms with Crippen LogP contribution in [0.5, 0.6) is 5.75 Å². The maximum absolute atomic E-state index is 13.1. The van der Waals surface area contributed by atoms with Crippen molar-refractivity contribution in [1.82, 2.24) is 0 Å². The Labute approximate surface area is 98.5 Å². The highest BCUT2D eigenvalue weighted by Gasteiger charge is 2.58. The molecule has 0 saturated carbocycles. The molecule has 2 aromatic carbocycles. The van der Waals surface area contributed by atoms with Crippen LogP contribution in [0.2, 0.25) is 0 Å². The molecule has 0 aliphatic carbocycles. The van der Waals surface area contributed by atoms with Gasteiger partial charge in [-0.15, -0.1) is 0 Å². The van der Waals surface area contributed by atoms with Crippen molar-refractivity contribution in [2.24, 2.45) is 0 Å². The summed E-state index contributed by atoms with van der Waals surface area (Å²) in [5, 5.41) is 9.76. The van der Waals surface area contributed by atoms with Crippen LogP contribution in [0, 0.1) is 0 Å². The Morgan fingerprint density at radius 2 is 1.56 bits per heavy atom. The van der Waals surface area contributed by atoms with Gasteiger partial charge in [-0.3, -0.25) is 0 Å². The minimum Gasteiger partial charge on any atom is -0.507 e. The van der Waals surface area contributed by atoms with Crippen LogP contribution in [0.25, 0.3) is 10.8 Å². The molecule has 0 aromatic heterocycles. The van der Waals surface area contributed by atoms with Gasteiger partial charge in [-0.25, -0.2) is 0 Å². The highest BCUT2D eigenvalue weighted by Crippen LogP contribution is 2.44. The summed E-state index contributed by atoms with van der Waals surface area (Å²) in [5.41, 5.74) is -1.15. The molecule has 0 heterocycles. The van der Waals surface area contributed by atoms with Gasteiger partial charge in [0.05, 0.1) is 0 Å². The molecule has 0 amide bonds. The normalized spacial score (nSPS) is 12.9. The van der Waals surface area contributed by atoms with E-state index in [-0.39, 0.29) is 16.5 Å². The average Bonchev–Trinajstić information content (AvgIpc) is 2.27. The molecule has 0 spiro atoms. The van der Waals surface area contributed by atoms with Crippen molar-refractivity contribution in [1.29, 1.82) is 0 Å². The maximum Gasteiger partial charge on any atom is 0.458 e. The molecule has 0 aliphatic rings. The zero-order valence-corrected chi connectivity index (χ0v) is 8.80. The summed E-state index contributed by atoms with van der Waals surface area (Å²) in [4.78, 5) is 0. The SMILES string of the molecule is Oc1cccc2cc(C(F)(F)C(F)(F)F)ccc12. The first-order chi connectivity index (χ1) is 8.23. The van der Waals surface area contributed by atoms with Gasteiger partial charge in [-0.05, 0) is 17.5 Å². The van der Waals surface area contributed by atoms with E-state index in [9.17, 15) is 27.1 Å². The molecule has 0 bridgehead atoms. The molecule has 6 heteroatoms. The van der Waals surface area contributed by atoms with E-state index < -0.39 is 17.7 Å². The Balaban J connectivity index is 2.62. The molecular weight excluding hydrogens is 255 g/mol. The van der Waals surface area contributed by atoms with Gasteiger partial charge in [0.1, 0.15) is 5.75 Å². The van der Waals surface area contributed by atoms with Gasteiger partial charge in [0, 0.05) is 10.9 Å². The Morgan fingerprint density at radius 3 is 2.17 bits per heavy atom. The average molecular weight is 262 g/mol. The molecule has 0 radical (unpaired) electrons. The molecule has 1 nitrogen and oxygen atoms in total. The number of hydrogen-bond acceptors (Lipinski definition) is 1. The summed E-state index contributed by atoms with van der Waals surface area (Å²) in [6.45, 7) is 0. The first kappa shape index (κ1) is 12.6. The number of rotatable bonds is 1. The monoisotopic (exact) mass is 262 g/mol. The molecular formula is C12H7F5O. The highest BCUT2D eigenvalue weighted by molar-refractivity contribution is 5.88. The third kappa shape index (κ3) is 1.87. The van der Waals surface area contributed by atoms with Crippen LogP contribution in [-0.2, 0) is 5.92 Å². The zero-order valence-electron chi connectivity index (χ0n) is 8.80. The molecule has 2 aromatic rings. The van der Waals surface area contributed by atoms with Gasteiger partial charge in [0.2, 0.25) is 0 Å². The molecule has 0 saturated heterocycles. The number of alkyl halides is 5. The molecule has 1 N–H and O–H groups in total. The summed E-state index contributed by atoms with van der Waals surface area (Å²) in [6.07, 6.45) is -5.64. The molecule has 0 fully saturated rings. The number of benzene rings is 2. The fourth-order valence-corrected chi connectivity index (χ4v) is 1.63. The number of phenols is 1. The van der Waals surface area contributed by atoms with E-state index in [1.807, 2.05) is 0 Å². The van der Waals surface area contributed by atoms with Crippen LogP contribution < -0.4 is 0 Å². The van der Waals surface area contributed by atoms with Crippen molar-refractivity contribution in [3.63, 3.8) is 0 Å². The Bertz CT molecular complexity index is 589. The second-order valence-electron chi connectivity index (χ2n) is 3.79. The Kier molecular flexibility index (Phi) is 2.68. The van der Waals surface area contributed by atoms with E-state index in [4.69, 9.17) is 0 Å². The van der Waals surface area contributed by atoms with Crippen molar-refractivity contribution >= 4 is 10.8 Å². The van der Waals surface area contributed by atoms with Gasteiger partial charge in [0.15, 0.2) is 0 Å². The Hall–Kier alpha value is -1.85. The predicted octanol–water partition coefficient (Wildman–Crippen LogP) is 4.20. The molecule has 0 aliphatic heterocycles. The standard InChI is InChI=1S/C12H7F5O/c13-11(14,12(15,16)17)8-4-5-9-7(6-8)2-1-3-10(9)18/h1-6,18H. The van der Waals surface area contributed by atoms with E-state index in [0.717, 1.165) is 12.1 Å². The lowest BCUT2D eigenvalue weighted by Gasteiger charge is -2.20. The number of hydrogen-bond donors (Lipinski definition) is 1. The quantitative estimate of drug-likeness (QED) is 0.763. The molecule has 96 valence electrons. The van der Waals surface area contributed by atoms with Crippen molar-refractivity contribution in [2.45, 2.75) is 12.1 Å². The maximum atomic E-state index is 13.1. The summed E-state index contributed by atoms with van der Waals surface area (Å²) >= 11 is 0. The third-order valence-electron chi connectivity index (χ3n) is 2.58. The lowest BCUT2D eigenvalue weighted by atomic mass is 10.0. The third-order valence-corrected chi connectivity index (χ3v) is 2.58. The van der Waals surface area contributed by atoms with Gasteiger partial charge < -0.3 is 5.11 Å². The highest BCUT2D eigenvalue weighted by atomic mass is 19.4. The van der Waals surface area contributed by atoms with E-state index >= 15 is 0 Å². The Morgan fingerprint density at radius 1 is 0.889 bits per heavy atom. The molecule has 0 unspecified atom stereocenters. The second kappa shape index (κ2) is 3.83. The minimum absolute atomic E-state index is 0.122. The van der Waals surface area contributed by atoms with Crippen LogP contribution in [-0.4, -0.2) is 11.3 Å². The number of fused-ring (bicyclic) bond motifs is 1. The van der Waals surface area contributed by atoms with Crippen molar-refractivity contribution < 1.29 is 27.1 Å². The van der Waals surface area contributed by atoms with Crippen molar-refractivity contribution in [2.75, 3.05) is 0 Å². The first-order valence-electron chi connectivity index (χ1n) is 4.90. The van der Waals surface area contributed by atoms with Crippen LogP contribution in [0.1, 0.15) is 5.56 Å². The molecule has 2 rings (SSSR count). The van der Waals surface area contributed by atoms with Gasteiger partial charge in [0.25, 0.3) is 0 Å². The topological polar surface area (TPSA) is 20.2 Å². The smallest absolute Gasteiger partial charge is 0.458 e. The minimum atomic E-state index is -5.64. The fraction of sp³-hybridized carbons (Fsp3) is 0.167.